The van der Waals surface area contributed by atoms with Gasteiger partial charge in [-0.15, -0.1) is 0 Å². The highest BCUT2D eigenvalue weighted by Gasteiger charge is 2.48. The number of hydrogen-bond acceptors (Lipinski definition) is 6. The fourth-order valence-corrected chi connectivity index (χ4v) is 5.67. The Morgan fingerprint density at radius 3 is 2.71 bits per heavy atom. The van der Waals surface area contributed by atoms with Crippen LogP contribution >= 0.6 is 0 Å². The quantitative estimate of drug-likeness (QED) is 0.575. The first-order chi connectivity index (χ1) is 16.8. The molecule has 4 atom stereocenters. The number of amides is 1. The van der Waals surface area contributed by atoms with Crippen LogP contribution in [0.3, 0.4) is 0 Å². The second-order valence-electron chi connectivity index (χ2n) is 9.80. The third-order valence-electron chi connectivity index (χ3n) is 7.56. The SMILES string of the molecule is COC[C@]1(C(=O)N2CCN(c3cc(C(F)(F)F)ccn3)CC2)CC[C@@H](NC2CC[OH+]CC2OC)C1. The van der Waals surface area contributed by atoms with Crippen molar-refractivity contribution in [3.63, 3.8) is 0 Å². The van der Waals surface area contributed by atoms with E-state index in [1.807, 2.05) is 4.90 Å². The van der Waals surface area contributed by atoms with E-state index < -0.39 is 17.2 Å². The number of halogens is 3. The van der Waals surface area contributed by atoms with Crippen LogP contribution in [0.25, 0.3) is 0 Å². The molecule has 8 nitrogen and oxygen atoms in total. The number of nitrogens with zero attached hydrogens (tertiary/aromatic N) is 3. The van der Waals surface area contributed by atoms with Gasteiger partial charge in [-0.1, -0.05) is 0 Å². The molecule has 35 heavy (non-hydrogen) atoms. The number of hydrogen-bond donors (Lipinski definition) is 1. The number of methoxy groups -OCH3 is 2. The van der Waals surface area contributed by atoms with Crippen molar-refractivity contribution in [1.82, 2.24) is 15.2 Å². The summed E-state index contributed by atoms with van der Waals surface area (Å²) in [4.78, 5) is 21.5. The van der Waals surface area contributed by atoms with Crippen molar-refractivity contribution in [1.29, 1.82) is 0 Å². The number of aliphatic hydroxyl groups is 2. The van der Waals surface area contributed by atoms with Crippen LogP contribution < -0.4 is 10.2 Å². The number of carbonyl (C=O) groups excluding carboxylic acids is 1. The van der Waals surface area contributed by atoms with Crippen LogP contribution in [0.5, 0.6) is 0 Å². The van der Waals surface area contributed by atoms with Crippen molar-refractivity contribution in [3.05, 3.63) is 23.9 Å². The van der Waals surface area contributed by atoms with Crippen LogP contribution in [0, 0.1) is 5.41 Å². The number of aromatic nitrogens is 1. The van der Waals surface area contributed by atoms with Gasteiger partial charge in [0.15, 0.2) is 6.61 Å². The average molecular weight is 502 g/mol. The standard InChI is InChI=1S/C24H35F3N4O4/c1-33-16-23(6-3-18(14-23)29-19-5-12-35-15-20(19)34-2)22(32)31-10-8-30(9-11-31)21-13-17(4-7-28-21)24(25,26)27/h4,7,13,18-20,29H,3,5-6,8-12,14-16H2,1-2H3/p+1/t18-,19?,20?,23+/m1/s1. The Balaban J connectivity index is 1.37. The molecule has 4 rings (SSSR count). The molecule has 0 aromatic carbocycles. The van der Waals surface area contributed by atoms with E-state index in [0.717, 1.165) is 38.0 Å². The van der Waals surface area contributed by atoms with E-state index in [4.69, 9.17) is 9.47 Å². The summed E-state index contributed by atoms with van der Waals surface area (Å²) in [6.07, 6.45) is 0.0582. The summed E-state index contributed by atoms with van der Waals surface area (Å²) in [5.41, 5.74) is -1.31. The molecule has 1 aromatic rings. The Hall–Kier alpha value is -1.95. The van der Waals surface area contributed by atoms with Crippen molar-refractivity contribution in [2.24, 2.45) is 5.41 Å². The molecule has 2 aliphatic heterocycles. The molecule has 3 fully saturated rings. The highest BCUT2D eigenvalue weighted by Crippen LogP contribution is 2.41. The van der Waals surface area contributed by atoms with Crippen LogP contribution in [0.2, 0.25) is 0 Å². The van der Waals surface area contributed by atoms with Gasteiger partial charge in [0.25, 0.3) is 0 Å². The number of rotatable bonds is 7. The Bertz CT molecular complexity index is 865. The first kappa shape index (κ1) is 26.1. The molecule has 196 valence electrons. The molecule has 2 saturated heterocycles. The molecule has 11 heteroatoms. The molecule has 1 aliphatic carbocycles. The Morgan fingerprint density at radius 2 is 2.03 bits per heavy atom. The normalized spacial score (nSPS) is 30.0. The van der Waals surface area contributed by atoms with Gasteiger partial charge >= 0.3 is 6.18 Å². The van der Waals surface area contributed by atoms with Crippen LogP contribution in [0.1, 0.15) is 31.2 Å². The smallest absolute Gasteiger partial charge is 0.416 e. The van der Waals surface area contributed by atoms with Crippen molar-refractivity contribution >= 4 is 11.7 Å². The molecule has 0 bridgehead atoms. The maximum Gasteiger partial charge on any atom is 0.416 e. The number of alkyl halides is 3. The second kappa shape index (κ2) is 11.0. The summed E-state index contributed by atoms with van der Waals surface area (Å²) in [7, 11) is 3.33. The average Bonchev–Trinajstić information content (AvgIpc) is 3.27. The monoisotopic (exact) mass is 501 g/mol. The van der Waals surface area contributed by atoms with Crippen LogP contribution in [0.4, 0.5) is 19.0 Å². The third kappa shape index (κ3) is 5.90. The second-order valence-corrected chi connectivity index (χ2v) is 9.80. The van der Waals surface area contributed by atoms with Gasteiger partial charge in [-0.05, 0) is 31.4 Å². The van der Waals surface area contributed by atoms with Crippen molar-refractivity contribution in [2.75, 3.05) is 65.1 Å². The van der Waals surface area contributed by atoms with Gasteiger partial charge in [0.2, 0.25) is 5.91 Å². The van der Waals surface area contributed by atoms with E-state index in [1.54, 1.807) is 19.1 Å². The molecule has 3 aliphatic rings. The first-order valence-corrected chi connectivity index (χ1v) is 12.2. The minimum Gasteiger partial charge on any atom is -0.432 e. The molecule has 0 radical (unpaired) electrons. The Morgan fingerprint density at radius 1 is 1.26 bits per heavy atom. The minimum absolute atomic E-state index is 0.0504. The van der Waals surface area contributed by atoms with E-state index in [0.29, 0.717) is 45.8 Å². The van der Waals surface area contributed by atoms with Gasteiger partial charge in [-0.25, -0.2) is 4.98 Å². The van der Waals surface area contributed by atoms with E-state index in [9.17, 15) is 18.0 Å². The molecule has 1 aromatic heterocycles. The van der Waals surface area contributed by atoms with Gasteiger partial charge < -0.3 is 29.3 Å². The molecule has 2 N–H and O–H groups in total. The zero-order valence-corrected chi connectivity index (χ0v) is 20.4. The van der Waals surface area contributed by atoms with E-state index >= 15 is 0 Å². The third-order valence-corrected chi connectivity index (χ3v) is 7.56. The van der Waals surface area contributed by atoms with Gasteiger partial charge in [-0.3, -0.25) is 4.79 Å². The van der Waals surface area contributed by atoms with Crippen molar-refractivity contribution < 1.29 is 32.2 Å². The van der Waals surface area contributed by atoms with Gasteiger partial charge in [-0.2, -0.15) is 13.2 Å². The van der Waals surface area contributed by atoms with E-state index in [1.165, 1.54) is 6.20 Å². The zero-order chi connectivity index (χ0) is 25.1. The molecule has 1 amide bonds. The lowest BCUT2D eigenvalue weighted by atomic mass is 9.84. The van der Waals surface area contributed by atoms with Crippen LogP contribution in [-0.4, -0.2) is 98.9 Å². The molecule has 0 spiro atoms. The maximum atomic E-state index is 13.7. The van der Waals surface area contributed by atoms with E-state index in [-0.39, 0.29) is 29.9 Å². The molecular formula is C24H36F3N4O4+. The fraction of sp³-hybridized carbons (Fsp3) is 0.750. The number of piperazine rings is 1. The zero-order valence-electron chi connectivity index (χ0n) is 20.4. The predicted molar refractivity (Wildman–Crippen MR) is 124 cm³/mol. The van der Waals surface area contributed by atoms with Crippen LogP contribution in [-0.2, 0) is 20.4 Å². The highest BCUT2D eigenvalue weighted by atomic mass is 19.4. The van der Waals surface area contributed by atoms with Gasteiger partial charge in [0.1, 0.15) is 18.5 Å². The summed E-state index contributed by atoms with van der Waals surface area (Å²) in [5.74, 6) is 0.359. The number of anilines is 1. The van der Waals surface area contributed by atoms with Crippen molar-refractivity contribution in [3.8, 4) is 0 Å². The number of nitrogens with one attached hydrogen (secondary N) is 1. The van der Waals surface area contributed by atoms with E-state index in [2.05, 4.69) is 15.0 Å². The molecule has 2 unspecified atom stereocenters. The summed E-state index contributed by atoms with van der Waals surface area (Å²) >= 11 is 0. The summed E-state index contributed by atoms with van der Waals surface area (Å²) in [6, 6.07) is 2.47. The largest absolute Gasteiger partial charge is 0.432 e. The Kier molecular flexibility index (Phi) is 8.19. The number of ether oxygens (including phenoxy) is 3. The molecular weight excluding hydrogens is 465 g/mol. The van der Waals surface area contributed by atoms with Crippen molar-refractivity contribution in [2.45, 2.75) is 50.0 Å². The summed E-state index contributed by atoms with van der Waals surface area (Å²) in [5, 5.41) is 3.72. The predicted octanol–water partition coefficient (Wildman–Crippen LogP) is 1.84. The maximum absolute atomic E-state index is 13.7. The number of carbonyl (C=O) groups is 1. The fourth-order valence-electron chi connectivity index (χ4n) is 5.67. The minimum atomic E-state index is -4.41. The molecule has 1 saturated carbocycles. The topological polar surface area (TPSA) is 79.7 Å². The Labute approximate surface area is 204 Å². The lowest BCUT2D eigenvalue weighted by molar-refractivity contribution is -0.146. The summed E-state index contributed by atoms with van der Waals surface area (Å²) in [6.45, 7) is 3.61. The lowest BCUT2D eigenvalue weighted by Crippen LogP contribution is -2.55. The summed E-state index contributed by atoms with van der Waals surface area (Å²) < 4.78 is 54.8. The number of pyridine rings is 1. The first-order valence-electron chi connectivity index (χ1n) is 12.2. The van der Waals surface area contributed by atoms with Gasteiger partial charge in [0.05, 0.1) is 17.6 Å². The highest BCUT2D eigenvalue weighted by molar-refractivity contribution is 5.83. The molecule has 3 heterocycles. The van der Waals surface area contributed by atoms with Gasteiger partial charge in [0, 0.05) is 65.1 Å². The van der Waals surface area contributed by atoms with Crippen LogP contribution in [0.15, 0.2) is 18.3 Å². The lowest BCUT2D eigenvalue weighted by Gasteiger charge is -2.40.